The van der Waals surface area contributed by atoms with Crippen molar-refractivity contribution in [2.24, 2.45) is 5.73 Å². The number of rotatable bonds is 3. The molecule has 4 heteroatoms. The second-order valence-electron chi connectivity index (χ2n) is 6.98. The molecule has 4 rings (SSSR count). The molecule has 1 aliphatic rings. The van der Waals surface area contributed by atoms with E-state index in [0.717, 1.165) is 49.3 Å². The molecule has 4 N–H and O–H groups in total. The maximum atomic E-state index is 6.02. The summed E-state index contributed by atoms with van der Waals surface area (Å²) in [4.78, 5) is 6.90. The first-order valence-electron chi connectivity index (χ1n) is 8.89. The summed E-state index contributed by atoms with van der Waals surface area (Å²) in [6.45, 7) is 3.15. The molecular formula is C21H24N4. The van der Waals surface area contributed by atoms with Crippen molar-refractivity contribution in [2.45, 2.75) is 25.4 Å². The van der Waals surface area contributed by atoms with Crippen molar-refractivity contribution in [1.82, 2.24) is 9.88 Å². The smallest absolute Gasteiger partial charge is 0.0352 e. The number of benzene rings is 2. The average molecular weight is 332 g/mol. The highest BCUT2D eigenvalue weighted by molar-refractivity contribution is 5.96. The third-order valence-corrected chi connectivity index (χ3v) is 5.09. The summed E-state index contributed by atoms with van der Waals surface area (Å²) in [5.41, 5.74) is 16.3. The lowest BCUT2D eigenvalue weighted by Crippen LogP contribution is -2.39. The molecule has 128 valence electrons. The molecule has 4 nitrogen and oxygen atoms in total. The predicted octanol–water partition coefficient (Wildman–Crippen LogP) is 3.41. The monoisotopic (exact) mass is 332 g/mol. The number of nitrogens with two attached hydrogens (primary N) is 2. The van der Waals surface area contributed by atoms with Crippen LogP contribution in [0.15, 0.2) is 54.9 Å². The number of hydrogen-bond donors (Lipinski definition) is 2. The Kier molecular flexibility index (Phi) is 4.38. The average Bonchev–Trinajstić information content (AvgIpc) is 2.64. The highest BCUT2D eigenvalue weighted by atomic mass is 15.1. The number of fused-ring (bicyclic) bond motifs is 1. The van der Waals surface area contributed by atoms with Crippen molar-refractivity contribution in [3.63, 3.8) is 0 Å². The third kappa shape index (κ3) is 3.50. The molecular weight excluding hydrogens is 308 g/mol. The van der Waals surface area contributed by atoms with Gasteiger partial charge in [0.05, 0.1) is 0 Å². The maximum Gasteiger partial charge on any atom is 0.0352 e. The van der Waals surface area contributed by atoms with Crippen LogP contribution in [0.1, 0.15) is 18.4 Å². The van der Waals surface area contributed by atoms with Crippen molar-refractivity contribution in [1.29, 1.82) is 0 Å². The molecule has 1 aliphatic heterocycles. The van der Waals surface area contributed by atoms with E-state index in [2.05, 4.69) is 40.2 Å². The molecule has 2 aromatic carbocycles. The molecule has 0 saturated carbocycles. The largest absolute Gasteiger partial charge is 0.399 e. The molecule has 0 unspecified atom stereocenters. The normalized spacial score (nSPS) is 16.4. The van der Waals surface area contributed by atoms with Gasteiger partial charge in [-0.15, -0.1) is 0 Å². The number of aromatic nitrogens is 1. The molecule has 25 heavy (non-hydrogen) atoms. The van der Waals surface area contributed by atoms with Crippen molar-refractivity contribution < 1.29 is 0 Å². The van der Waals surface area contributed by atoms with E-state index < -0.39 is 0 Å². The summed E-state index contributed by atoms with van der Waals surface area (Å²) in [5.74, 6) is 0. The molecule has 2 heterocycles. The lowest BCUT2D eigenvalue weighted by Gasteiger charge is -2.30. The summed E-state index contributed by atoms with van der Waals surface area (Å²) in [6.07, 6.45) is 6.06. The van der Waals surface area contributed by atoms with E-state index in [1.54, 1.807) is 0 Å². The van der Waals surface area contributed by atoms with Gasteiger partial charge in [-0.25, -0.2) is 0 Å². The predicted molar refractivity (Wildman–Crippen MR) is 104 cm³/mol. The summed E-state index contributed by atoms with van der Waals surface area (Å²) in [7, 11) is 0. The minimum Gasteiger partial charge on any atom is -0.399 e. The van der Waals surface area contributed by atoms with E-state index in [1.807, 2.05) is 24.5 Å². The highest BCUT2D eigenvalue weighted by Gasteiger charge is 2.16. The van der Waals surface area contributed by atoms with Gasteiger partial charge in [0, 0.05) is 41.6 Å². The van der Waals surface area contributed by atoms with Gasteiger partial charge in [0.15, 0.2) is 0 Å². The quantitative estimate of drug-likeness (QED) is 0.721. The Hall–Kier alpha value is -2.43. The minimum atomic E-state index is 0.371. The Morgan fingerprint density at radius 3 is 2.52 bits per heavy atom. The number of anilines is 1. The summed E-state index contributed by atoms with van der Waals surface area (Å²) < 4.78 is 0. The molecule has 1 aromatic heterocycles. The van der Waals surface area contributed by atoms with Crippen LogP contribution in [0.3, 0.4) is 0 Å². The molecule has 0 amide bonds. The van der Waals surface area contributed by atoms with Crippen LogP contribution in [0.5, 0.6) is 0 Å². The molecule has 0 bridgehead atoms. The Morgan fingerprint density at radius 2 is 1.76 bits per heavy atom. The topological polar surface area (TPSA) is 68.2 Å². The van der Waals surface area contributed by atoms with Gasteiger partial charge in [-0.2, -0.15) is 0 Å². The van der Waals surface area contributed by atoms with Gasteiger partial charge < -0.3 is 11.5 Å². The van der Waals surface area contributed by atoms with Crippen LogP contribution in [0.2, 0.25) is 0 Å². The van der Waals surface area contributed by atoms with Gasteiger partial charge in [-0.1, -0.05) is 24.3 Å². The number of hydrogen-bond acceptors (Lipinski definition) is 4. The van der Waals surface area contributed by atoms with Crippen molar-refractivity contribution in [2.75, 3.05) is 18.8 Å². The number of nitrogens with zero attached hydrogens (tertiary/aromatic N) is 2. The van der Waals surface area contributed by atoms with Gasteiger partial charge in [0.2, 0.25) is 0 Å². The van der Waals surface area contributed by atoms with Crippen LogP contribution < -0.4 is 11.5 Å². The lowest BCUT2D eigenvalue weighted by atomic mass is 9.98. The zero-order valence-electron chi connectivity index (χ0n) is 14.4. The van der Waals surface area contributed by atoms with E-state index in [1.165, 1.54) is 16.3 Å². The molecule has 0 aliphatic carbocycles. The molecule has 3 aromatic rings. The molecule has 0 radical (unpaired) electrons. The van der Waals surface area contributed by atoms with Crippen molar-refractivity contribution in [3.8, 4) is 11.1 Å². The minimum absolute atomic E-state index is 0.371. The second-order valence-corrected chi connectivity index (χ2v) is 6.98. The van der Waals surface area contributed by atoms with E-state index in [0.29, 0.717) is 6.04 Å². The Bertz CT molecular complexity index is 865. The summed E-state index contributed by atoms with van der Waals surface area (Å²) in [5, 5.41) is 2.41. The fraction of sp³-hybridized carbons (Fsp3) is 0.286. The van der Waals surface area contributed by atoms with Gasteiger partial charge in [0.1, 0.15) is 0 Å². The van der Waals surface area contributed by atoms with Gasteiger partial charge in [-0.3, -0.25) is 9.88 Å². The maximum absolute atomic E-state index is 6.02. The van der Waals surface area contributed by atoms with E-state index in [4.69, 9.17) is 11.5 Å². The summed E-state index contributed by atoms with van der Waals surface area (Å²) >= 11 is 0. The fourth-order valence-electron chi connectivity index (χ4n) is 3.57. The highest BCUT2D eigenvalue weighted by Crippen LogP contribution is 2.29. The van der Waals surface area contributed by atoms with E-state index in [-0.39, 0.29) is 0 Å². The number of nitrogen functional groups attached to an aromatic ring is 1. The van der Waals surface area contributed by atoms with E-state index >= 15 is 0 Å². The van der Waals surface area contributed by atoms with Crippen LogP contribution in [0.25, 0.3) is 21.9 Å². The van der Waals surface area contributed by atoms with Crippen LogP contribution >= 0.6 is 0 Å². The second kappa shape index (κ2) is 6.82. The first-order chi connectivity index (χ1) is 12.2. The zero-order chi connectivity index (χ0) is 17.2. The van der Waals surface area contributed by atoms with Crippen LogP contribution in [-0.2, 0) is 6.54 Å². The number of pyridine rings is 1. The van der Waals surface area contributed by atoms with Crippen molar-refractivity contribution in [3.05, 3.63) is 60.4 Å². The Balaban J connectivity index is 1.67. The first kappa shape index (κ1) is 16.1. The van der Waals surface area contributed by atoms with Crippen LogP contribution in [0, 0.1) is 0 Å². The molecule has 1 fully saturated rings. The van der Waals surface area contributed by atoms with Crippen LogP contribution in [-0.4, -0.2) is 29.0 Å². The van der Waals surface area contributed by atoms with E-state index in [9.17, 15) is 0 Å². The zero-order valence-corrected chi connectivity index (χ0v) is 14.4. The third-order valence-electron chi connectivity index (χ3n) is 5.09. The lowest BCUT2D eigenvalue weighted by molar-refractivity contribution is 0.206. The number of likely N-dealkylation sites (tertiary alicyclic amines) is 1. The Morgan fingerprint density at radius 1 is 1.00 bits per heavy atom. The molecule has 0 atom stereocenters. The first-order valence-corrected chi connectivity index (χ1v) is 8.89. The molecule has 0 spiro atoms. The standard InChI is InChI=1S/C21H24N4/c22-18-5-3-16(4-6-18)21-13-24-12-17-2-1-15(11-20(17)21)14-25-9-7-19(23)8-10-25/h1-6,11-13,19H,7-10,14,22-23H2. The van der Waals surface area contributed by atoms with Crippen molar-refractivity contribution >= 4 is 16.5 Å². The van der Waals surface area contributed by atoms with Gasteiger partial charge in [0.25, 0.3) is 0 Å². The summed E-state index contributed by atoms with van der Waals surface area (Å²) in [6, 6.07) is 15.1. The SMILES string of the molecule is Nc1ccc(-c2cncc3ccc(CN4CCC(N)CC4)cc23)cc1. The molecule has 1 saturated heterocycles. The van der Waals surface area contributed by atoms with Gasteiger partial charge >= 0.3 is 0 Å². The van der Waals surface area contributed by atoms with Gasteiger partial charge in [-0.05, 0) is 60.6 Å². The fourth-order valence-corrected chi connectivity index (χ4v) is 3.57. The number of piperidine rings is 1. The Labute approximate surface area is 148 Å². The van der Waals surface area contributed by atoms with Crippen LogP contribution in [0.4, 0.5) is 5.69 Å².